The summed E-state index contributed by atoms with van der Waals surface area (Å²) >= 11 is 5.12. The minimum atomic E-state index is 0.917. The number of fused-ring (bicyclic) bond motifs is 1. The van der Waals surface area contributed by atoms with Gasteiger partial charge in [0, 0.05) is 4.47 Å². The molecule has 0 fully saturated rings. The van der Waals surface area contributed by atoms with Crippen molar-refractivity contribution in [3.8, 4) is 10.6 Å². The van der Waals surface area contributed by atoms with Gasteiger partial charge in [-0.2, -0.15) is 0 Å². The second kappa shape index (κ2) is 3.96. The number of rotatable bonds is 1. The summed E-state index contributed by atoms with van der Waals surface area (Å²) in [4.78, 5) is 10.1. The van der Waals surface area contributed by atoms with Crippen molar-refractivity contribution in [2.24, 2.45) is 0 Å². The third-order valence-corrected chi connectivity index (χ3v) is 3.66. The van der Waals surface area contributed by atoms with Crippen molar-refractivity contribution in [2.45, 2.75) is 0 Å². The lowest BCUT2D eigenvalue weighted by atomic mass is 10.3. The maximum Gasteiger partial charge on any atom is 0.0992 e. The fourth-order valence-electron chi connectivity index (χ4n) is 1.53. The highest BCUT2D eigenvalue weighted by molar-refractivity contribution is 9.10. The first-order valence-corrected chi connectivity index (χ1v) is 6.46. The minimum absolute atomic E-state index is 0.917. The molecule has 0 radical (unpaired) electrons. The van der Waals surface area contributed by atoms with Crippen molar-refractivity contribution < 1.29 is 0 Å². The van der Waals surface area contributed by atoms with Crippen LogP contribution in [-0.2, 0) is 0 Å². The second-order valence-electron chi connectivity index (χ2n) is 3.37. The van der Waals surface area contributed by atoms with Crippen LogP contribution in [0.1, 0.15) is 0 Å². The summed E-state index contributed by atoms with van der Waals surface area (Å²) in [5, 5.41) is 2.04. The average molecular weight is 291 g/mol. The molecule has 2 aromatic heterocycles. The van der Waals surface area contributed by atoms with Crippen LogP contribution in [-0.4, -0.2) is 9.97 Å². The standard InChI is InChI=1S/C12H7BrN2S/c13-8-3-4-9-10(6-8)15-11(7-14-9)12-2-1-5-16-12/h1-7H. The van der Waals surface area contributed by atoms with E-state index in [2.05, 4.69) is 32.0 Å². The number of benzene rings is 1. The molecule has 2 heterocycles. The molecule has 0 bridgehead atoms. The number of thiophene rings is 1. The molecule has 0 amide bonds. The van der Waals surface area contributed by atoms with Gasteiger partial charge in [-0.3, -0.25) is 4.98 Å². The van der Waals surface area contributed by atoms with E-state index in [-0.39, 0.29) is 0 Å². The van der Waals surface area contributed by atoms with E-state index >= 15 is 0 Å². The zero-order valence-electron chi connectivity index (χ0n) is 8.22. The van der Waals surface area contributed by atoms with E-state index in [4.69, 9.17) is 0 Å². The Labute approximate surface area is 105 Å². The molecule has 0 N–H and O–H groups in total. The highest BCUT2D eigenvalue weighted by atomic mass is 79.9. The fourth-order valence-corrected chi connectivity index (χ4v) is 2.56. The molecule has 1 aromatic carbocycles. The summed E-state index contributed by atoms with van der Waals surface area (Å²) in [6.45, 7) is 0. The van der Waals surface area contributed by atoms with Gasteiger partial charge < -0.3 is 0 Å². The first-order chi connectivity index (χ1) is 7.83. The molecule has 0 atom stereocenters. The Morgan fingerprint density at radius 2 is 2.06 bits per heavy atom. The lowest BCUT2D eigenvalue weighted by molar-refractivity contribution is 1.30. The number of hydrogen-bond donors (Lipinski definition) is 0. The summed E-state index contributed by atoms with van der Waals surface area (Å²) in [6, 6.07) is 10.00. The van der Waals surface area contributed by atoms with Gasteiger partial charge in [0.1, 0.15) is 0 Å². The molecular formula is C12H7BrN2S. The first kappa shape index (κ1) is 9.93. The van der Waals surface area contributed by atoms with Gasteiger partial charge in [0.25, 0.3) is 0 Å². The molecule has 0 saturated carbocycles. The van der Waals surface area contributed by atoms with Gasteiger partial charge in [-0.25, -0.2) is 4.98 Å². The summed E-state index contributed by atoms with van der Waals surface area (Å²) in [7, 11) is 0. The average Bonchev–Trinajstić information content (AvgIpc) is 2.81. The predicted octanol–water partition coefficient (Wildman–Crippen LogP) is 4.12. The van der Waals surface area contributed by atoms with Gasteiger partial charge in [-0.15, -0.1) is 11.3 Å². The quantitative estimate of drug-likeness (QED) is 0.674. The lowest BCUT2D eigenvalue weighted by Crippen LogP contribution is -1.86. The highest BCUT2D eigenvalue weighted by Crippen LogP contribution is 2.24. The Bertz CT molecular complexity index is 635. The van der Waals surface area contributed by atoms with Crippen LogP contribution in [0.5, 0.6) is 0 Å². The van der Waals surface area contributed by atoms with Gasteiger partial charge >= 0.3 is 0 Å². The predicted molar refractivity (Wildman–Crippen MR) is 70.6 cm³/mol. The molecule has 0 spiro atoms. The maximum absolute atomic E-state index is 4.60. The van der Waals surface area contributed by atoms with Crippen LogP contribution in [0.25, 0.3) is 21.6 Å². The Hall–Kier alpha value is -1.26. The summed E-state index contributed by atoms with van der Waals surface area (Å²) in [5.74, 6) is 0. The van der Waals surface area contributed by atoms with E-state index in [0.29, 0.717) is 0 Å². The van der Waals surface area contributed by atoms with Gasteiger partial charge in [0.2, 0.25) is 0 Å². The molecular weight excluding hydrogens is 284 g/mol. The van der Waals surface area contributed by atoms with Crippen molar-refractivity contribution in [3.05, 3.63) is 46.4 Å². The topological polar surface area (TPSA) is 25.8 Å². The zero-order chi connectivity index (χ0) is 11.0. The van der Waals surface area contributed by atoms with E-state index < -0.39 is 0 Å². The van der Waals surface area contributed by atoms with E-state index in [9.17, 15) is 0 Å². The molecule has 0 aliphatic heterocycles. The summed E-state index contributed by atoms with van der Waals surface area (Å²) in [6.07, 6.45) is 1.82. The Morgan fingerprint density at radius 1 is 1.12 bits per heavy atom. The van der Waals surface area contributed by atoms with Crippen LogP contribution in [0.15, 0.2) is 46.4 Å². The lowest BCUT2D eigenvalue weighted by Gasteiger charge is -2.00. The molecule has 3 aromatic rings. The smallest absolute Gasteiger partial charge is 0.0992 e. The van der Waals surface area contributed by atoms with Crippen LogP contribution in [0.3, 0.4) is 0 Å². The van der Waals surface area contributed by atoms with Crippen molar-refractivity contribution in [2.75, 3.05) is 0 Å². The van der Waals surface area contributed by atoms with E-state index in [1.54, 1.807) is 11.3 Å². The van der Waals surface area contributed by atoms with Crippen molar-refractivity contribution in [1.82, 2.24) is 9.97 Å². The largest absolute Gasteiger partial charge is 0.252 e. The van der Waals surface area contributed by atoms with Gasteiger partial charge in [-0.05, 0) is 29.6 Å². The van der Waals surface area contributed by atoms with Gasteiger partial charge in [-0.1, -0.05) is 22.0 Å². The van der Waals surface area contributed by atoms with Crippen molar-refractivity contribution >= 4 is 38.3 Å². The van der Waals surface area contributed by atoms with Gasteiger partial charge in [0.15, 0.2) is 0 Å². The van der Waals surface area contributed by atoms with E-state index in [1.807, 2.05) is 35.8 Å². The van der Waals surface area contributed by atoms with Gasteiger partial charge in [0.05, 0.1) is 27.8 Å². The van der Waals surface area contributed by atoms with Crippen molar-refractivity contribution in [3.63, 3.8) is 0 Å². The SMILES string of the molecule is Brc1ccc2ncc(-c3cccs3)nc2c1. The third kappa shape index (κ3) is 1.74. The van der Waals surface area contributed by atoms with E-state index in [1.165, 1.54) is 0 Å². The summed E-state index contributed by atoms with van der Waals surface area (Å²) < 4.78 is 1.03. The molecule has 0 unspecified atom stereocenters. The Morgan fingerprint density at radius 3 is 2.88 bits per heavy atom. The monoisotopic (exact) mass is 290 g/mol. The molecule has 16 heavy (non-hydrogen) atoms. The van der Waals surface area contributed by atoms with E-state index in [0.717, 1.165) is 26.1 Å². The van der Waals surface area contributed by atoms with Crippen LogP contribution in [0.4, 0.5) is 0 Å². The van der Waals surface area contributed by atoms with Crippen LogP contribution >= 0.6 is 27.3 Å². The maximum atomic E-state index is 4.60. The zero-order valence-corrected chi connectivity index (χ0v) is 10.6. The highest BCUT2D eigenvalue weighted by Gasteiger charge is 2.03. The molecule has 0 aliphatic carbocycles. The van der Waals surface area contributed by atoms with Crippen molar-refractivity contribution in [1.29, 1.82) is 0 Å². The number of aromatic nitrogens is 2. The molecule has 4 heteroatoms. The number of hydrogen-bond acceptors (Lipinski definition) is 3. The molecule has 0 saturated heterocycles. The van der Waals surface area contributed by atoms with Crippen LogP contribution in [0, 0.1) is 0 Å². The first-order valence-electron chi connectivity index (χ1n) is 4.79. The summed E-state index contributed by atoms with van der Waals surface area (Å²) in [5.41, 5.74) is 2.77. The normalized spacial score (nSPS) is 10.8. The minimum Gasteiger partial charge on any atom is -0.252 e. The second-order valence-corrected chi connectivity index (χ2v) is 5.23. The molecule has 0 aliphatic rings. The Kier molecular flexibility index (Phi) is 2.46. The molecule has 2 nitrogen and oxygen atoms in total. The molecule has 3 rings (SSSR count). The Balaban J connectivity index is 2.22. The fraction of sp³-hybridized carbons (Fsp3) is 0. The van der Waals surface area contributed by atoms with Crippen LogP contribution in [0.2, 0.25) is 0 Å². The molecule has 78 valence electrons. The third-order valence-electron chi connectivity index (χ3n) is 2.28. The number of halogens is 1. The van der Waals surface area contributed by atoms with Crippen LogP contribution < -0.4 is 0 Å². The number of nitrogens with zero attached hydrogens (tertiary/aromatic N) is 2.